The third-order valence-electron chi connectivity index (χ3n) is 3.79. The molecule has 2 N–H and O–H groups in total. The van der Waals surface area contributed by atoms with Crippen LogP contribution in [0.5, 0.6) is 0 Å². The highest BCUT2D eigenvalue weighted by Gasteiger charge is 2.16. The molecule has 0 aromatic heterocycles. The minimum absolute atomic E-state index is 0.508. The molecule has 1 saturated carbocycles. The van der Waals surface area contributed by atoms with E-state index in [2.05, 4.69) is 6.92 Å². The fraction of sp³-hybridized carbons (Fsp3) is 1.00. The topological polar surface area (TPSA) is 26.0 Å². The van der Waals surface area contributed by atoms with Crippen LogP contribution in [0.25, 0.3) is 0 Å². The Morgan fingerprint density at radius 3 is 2.53 bits per heavy atom. The van der Waals surface area contributed by atoms with Gasteiger partial charge >= 0.3 is 0 Å². The second-order valence-electron chi connectivity index (χ2n) is 5.35. The molecule has 1 nitrogen and oxygen atoms in total. The summed E-state index contributed by atoms with van der Waals surface area (Å²) in [5.41, 5.74) is 6.08. The van der Waals surface area contributed by atoms with Crippen LogP contribution in [0, 0.1) is 5.92 Å². The van der Waals surface area contributed by atoms with Crippen molar-refractivity contribution < 1.29 is 0 Å². The summed E-state index contributed by atoms with van der Waals surface area (Å²) in [7, 11) is 0. The predicted molar refractivity (Wildman–Crippen MR) is 67.9 cm³/mol. The molecule has 0 amide bonds. The van der Waals surface area contributed by atoms with Crippen LogP contribution in [-0.4, -0.2) is 6.04 Å². The summed E-state index contributed by atoms with van der Waals surface area (Å²) >= 11 is 0. The van der Waals surface area contributed by atoms with E-state index in [0.717, 1.165) is 5.92 Å². The Bertz CT molecular complexity index is 144. The number of nitrogens with two attached hydrogens (primary N) is 1. The lowest BCUT2D eigenvalue weighted by atomic mass is 9.92. The third-order valence-corrected chi connectivity index (χ3v) is 3.79. The standard InChI is InChI=1S/C14H29N/c1-2-3-4-5-6-9-13-10-7-8-11-14(15)12-13/h13-14H,2-12,15H2,1H3. The highest BCUT2D eigenvalue weighted by molar-refractivity contribution is 4.73. The van der Waals surface area contributed by atoms with Gasteiger partial charge in [-0.2, -0.15) is 0 Å². The molecule has 0 aliphatic heterocycles. The van der Waals surface area contributed by atoms with Crippen LogP contribution in [0.4, 0.5) is 0 Å². The van der Waals surface area contributed by atoms with Crippen molar-refractivity contribution in [3.8, 4) is 0 Å². The van der Waals surface area contributed by atoms with Crippen LogP contribution in [0.1, 0.15) is 77.6 Å². The smallest absolute Gasteiger partial charge is 0.00414 e. The lowest BCUT2D eigenvalue weighted by molar-refractivity contribution is 0.387. The van der Waals surface area contributed by atoms with E-state index in [1.807, 2.05) is 0 Å². The van der Waals surface area contributed by atoms with Crippen molar-refractivity contribution in [3.05, 3.63) is 0 Å². The van der Waals surface area contributed by atoms with Crippen molar-refractivity contribution in [1.82, 2.24) is 0 Å². The Morgan fingerprint density at radius 1 is 1.00 bits per heavy atom. The van der Waals surface area contributed by atoms with E-state index in [9.17, 15) is 0 Å². The molecule has 2 atom stereocenters. The first-order valence-corrected chi connectivity index (χ1v) is 7.08. The molecule has 0 saturated heterocycles. The normalized spacial score (nSPS) is 27.6. The molecule has 0 heterocycles. The summed E-state index contributed by atoms with van der Waals surface area (Å²) in [6.45, 7) is 2.28. The van der Waals surface area contributed by atoms with Gasteiger partial charge < -0.3 is 5.73 Å². The van der Waals surface area contributed by atoms with Gasteiger partial charge in [-0.1, -0.05) is 64.7 Å². The summed E-state index contributed by atoms with van der Waals surface area (Å²) in [5.74, 6) is 0.948. The number of unbranched alkanes of at least 4 members (excludes halogenated alkanes) is 4. The summed E-state index contributed by atoms with van der Waals surface area (Å²) < 4.78 is 0. The quantitative estimate of drug-likeness (QED) is 0.516. The summed E-state index contributed by atoms with van der Waals surface area (Å²) in [6.07, 6.45) is 15.4. The van der Waals surface area contributed by atoms with Crippen molar-refractivity contribution in [3.63, 3.8) is 0 Å². The van der Waals surface area contributed by atoms with Crippen LogP contribution in [-0.2, 0) is 0 Å². The first-order chi connectivity index (χ1) is 7.33. The van der Waals surface area contributed by atoms with Gasteiger partial charge in [0.1, 0.15) is 0 Å². The van der Waals surface area contributed by atoms with Crippen LogP contribution in [0.2, 0.25) is 0 Å². The van der Waals surface area contributed by atoms with Gasteiger partial charge in [0, 0.05) is 6.04 Å². The van der Waals surface area contributed by atoms with Crippen molar-refractivity contribution in [2.45, 2.75) is 83.6 Å². The van der Waals surface area contributed by atoms with Crippen molar-refractivity contribution in [2.75, 3.05) is 0 Å². The zero-order valence-electron chi connectivity index (χ0n) is 10.5. The summed E-state index contributed by atoms with van der Waals surface area (Å²) in [4.78, 5) is 0. The van der Waals surface area contributed by atoms with Crippen molar-refractivity contribution >= 4 is 0 Å². The van der Waals surface area contributed by atoms with E-state index in [-0.39, 0.29) is 0 Å². The largest absolute Gasteiger partial charge is 0.328 e. The number of hydrogen-bond acceptors (Lipinski definition) is 1. The molecule has 0 spiro atoms. The van der Waals surface area contributed by atoms with E-state index in [1.54, 1.807) is 0 Å². The van der Waals surface area contributed by atoms with Gasteiger partial charge in [-0.15, -0.1) is 0 Å². The molecule has 1 heteroatoms. The lowest BCUT2D eigenvalue weighted by Gasteiger charge is -2.16. The molecule has 90 valence electrons. The molecule has 0 aromatic carbocycles. The second kappa shape index (κ2) is 8.15. The van der Waals surface area contributed by atoms with E-state index >= 15 is 0 Å². The number of rotatable bonds is 6. The molecule has 1 rings (SSSR count). The Balaban J connectivity index is 2.03. The third kappa shape index (κ3) is 6.19. The van der Waals surface area contributed by atoms with E-state index in [4.69, 9.17) is 5.73 Å². The molecule has 0 radical (unpaired) electrons. The molecule has 1 aliphatic rings. The average Bonchev–Trinajstić information content (AvgIpc) is 2.43. The van der Waals surface area contributed by atoms with Crippen LogP contribution < -0.4 is 5.73 Å². The van der Waals surface area contributed by atoms with E-state index < -0.39 is 0 Å². The molecular weight excluding hydrogens is 182 g/mol. The highest BCUT2D eigenvalue weighted by Crippen LogP contribution is 2.26. The van der Waals surface area contributed by atoms with Crippen LogP contribution in [0.15, 0.2) is 0 Å². The fourth-order valence-corrected chi connectivity index (χ4v) is 2.80. The molecule has 0 aromatic rings. The minimum Gasteiger partial charge on any atom is -0.328 e. The Labute approximate surface area is 95.8 Å². The average molecular weight is 211 g/mol. The number of hydrogen-bond donors (Lipinski definition) is 1. The van der Waals surface area contributed by atoms with Gasteiger partial charge in [0.25, 0.3) is 0 Å². The Morgan fingerprint density at radius 2 is 1.73 bits per heavy atom. The molecule has 1 aliphatic carbocycles. The lowest BCUT2D eigenvalue weighted by Crippen LogP contribution is -2.21. The second-order valence-corrected chi connectivity index (χ2v) is 5.35. The van der Waals surface area contributed by atoms with Gasteiger partial charge in [0.05, 0.1) is 0 Å². The predicted octanol–water partition coefficient (Wildman–Crippen LogP) is 4.25. The van der Waals surface area contributed by atoms with E-state index in [1.165, 1.54) is 70.6 Å². The summed E-state index contributed by atoms with van der Waals surface area (Å²) in [5, 5.41) is 0. The zero-order valence-corrected chi connectivity index (χ0v) is 10.5. The maximum absolute atomic E-state index is 6.08. The zero-order chi connectivity index (χ0) is 10.9. The minimum atomic E-state index is 0.508. The van der Waals surface area contributed by atoms with Crippen LogP contribution in [0.3, 0.4) is 0 Å². The fourth-order valence-electron chi connectivity index (χ4n) is 2.80. The van der Waals surface area contributed by atoms with Crippen LogP contribution >= 0.6 is 0 Å². The molecular formula is C14H29N. The molecule has 2 unspecified atom stereocenters. The van der Waals surface area contributed by atoms with Gasteiger partial charge in [0.2, 0.25) is 0 Å². The van der Waals surface area contributed by atoms with Crippen molar-refractivity contribution in [1.29, 1.82) is 0 Å². The van der Waals surface area contributed by atoms with Gasteiger partial charge in [-0.3, -0.25) is 0 Å². The Kier molecular flexibility index (Phi) is 7.08. The maximum atomic E-state index is 6.08. The van der Waals surface area contributed by atoms with E-state index in [0.29, 0.717) is 6.04 Å². The molecule has 15 heavy (non-hydrogen) atoms. The molecule has 1 fully saturated rings. The van der Waals surface area contributed by atoms with Crippen molar-refractivity contribution in [2.24, 2.45) is 11.7 Å². The highest BCUT2D eigenvalue weighted by atomic mass is 14.6. The Hall–Kier alpha value is -0.0400. The first-order valence-electron chi connectivity index (χ1n) is 7.08. The maximum Gasteiger partial charge on any atom is 0.00414 e. The van der Waals surface area contributed by atoms with Gasteiger partial charge in [0.15, 0.2) is 0 Å². The summed E-state index contributed by atoms with van der Waals surface area (Å²) in [6, 6.07) is 0.508. The first kappa shape index (κ1) is 13.0. The molecule has 0 bridgehead atoms. The monoisotopic (exact) mass is 211 g/mol. The van der Waals surface area contributed by atoms with Gasteiger partial charge in [-0.25, -0.2) is 0 Å². The SMILES string of the molecule is CCCCCCCC1CCCCC(N)C1. The van der Waals surface area contributed by atoms with Gasteiger partial charge in [-0.05, 0) is 18.8 Å².